The van der Waals surface area contributed by atoms with Crippen LogP contribution in [-0.4, -0.2) is 25.8 Å². The highest BCUT2D eigenvalue weighted by atomic mass is 16.6. The van der Waals surface area contributed by atoms with Crippen molar-refractivity contribution >= 4 is 5.97 Å². The Morgan fingerprint density at radius 2 is 1.56 bits per heavy atom. The molecule has 16 heavy (non-hydrogen) atoms. The van der Waals surface area contributed by atoms with Gasteiger partial charge in [0, 0.05) is 0 Å². The molecular formula is C12H16O4. The molecule has 1 rings (SSSR count). The Hall–Kier alpha value is -1.71. The maximum atomic E-state index is 11.4. The first kappa shape index (κ1) is 12.4. The molecule has 0 atom stereocenters. The molecule has 1 aromatic rings. The molecule has 0 fully saturated rings. The fraction of sp³-hybridized carbons (Fsp3) is 0.417. The van der Waals surface area contributed by atoms with Crippen LogP contribution < -0.4 is 9.47 Å². The summed E-state index contributed by atoms with van der Waals surface area (Å²) in [5, 5.41) is 0. The first-order valence-corrected chi connectivity index (χ1v) is 4.91. The number of rotatable bonds is 4. The Morgan fingerprint density at radius 3 is 2.00 bits per heavy atom. The lowest BCUT2D eigenvalue weighted by atomic mass is 10.1. The number of hydrogen-bond acceptors (Lipinski definition) is 4. The zero-order valence-corrected chi connectivity index (χ0v) is 9.94. The van der Waals surface area contributed by atoms with E-state index in [9.17, 15) is 4.79 Å². The molecular weight excluding hydrogens is 208 g/mol. The third-order valence-electron chi connectivity index (χ3n) is 2.11. The van der Waals surface area contributed by atoms with Crippen molar-refractivity contribution in [1.82, 2.24) is 0 Å². The number of carbonyl (C=O) groups excluding carboxylic acids is 1. The molecule has 0 aliphatic carbocycles. The summed E-state index contributed by atoms with van der Waals surface area (Å²) in [7, 11) is 2.93. The molecule has 0 aliphatic heterocycles. The van der Waals surface area contributed by atoms with E-state index < -0.39 is 11.6 Å². The molecule has 1 aromatic carbocycles. The van der Waals surface area contributed by atoms with Crippen molar-refractivity contribution in [2.24, 2.45) is 0 Å². The maximum absolute atomic E-state index is 11.4. The lowest BCUT2D eigenvalue weighted by Crippen LogP contribution is -2.39. The molecule has 0 saturated heterocycles. The second-order valence-electron chi connectivity index (χ2n) is 3.78. The number of esters is 1. The SMILES string of the molecule is COC(=O)C(C)(C)Oc1ccc(OC)cc1. The minimum absolute atomic E-state index is 0.414. The van der Waals surface area contributed by atoms with Crippen LogP contribution in [0.3, 0.4) is 0 Å². The minimum atomic E-state index is -0.997. The van der Waals surface area contributed by atoms with Crippen molar-refractivity contribution in [3.05, 3.63) is 24.3 Å². The second-order valence-corrected chi connectivity index (χ2v) is 3.78. The molecule has 0 heterocycles. The van der Waals surface area contributed by atoms with Gasteiger partial charge in [0.25, 0.3) is 0 Å². The van der Waals surface area contributed by atoms with E-state index in [4.69, 9.17) is 9.47 Å². The van der Waals surface area contributed by atoms with E-state index in [1.807, 2.05) is 0 Å². The average Bonchev–Trinajstić information content (AvgIpc) is 2.28. The van der Waals surface area contributed by atoms with Crippen LogP contribution in [-0.2, 0) is 9.53 Å². The molecule has 0 bridgehead atoms. The van der Waals surface area contributed by atoms with Gasteiger partial charge in [-0.3, -0.25) is 0 Å². The number of benzene rings is 1. The molecule has 0 N–H and O–H groups in total. The lowest BCUT2D eigenvalue weighted by molar-refractivity contribution is -0.156. The van der Waals surface area contributed by atoms with Gasteiger partial charge >= 0.3 is 5.97 Å². The second kappa shape index (κ2) is 4.88. The quantitative estimate of drug-likeness (QED) is 0.734. The molecule has 0 aromatic heterocycles. The van der Waals surface area contributed by atoms with Crippen molar-refractivity contribution in [3.8, 4) is 11.5 Å². The Bertz CT molecular complexity index is 354. The minimum Gasteiger partial charge on any atom is -0.497 e. The normalized spacial score (nSPS) is 10.8. The number of methoxy groups -OCH3 is 2. The summed E-state index contributed by atoms with van der Waals surface area (Å²) in [5.74, 6) is 0.919. The molecule has 4 nitrogen and oxygen atoms in total. The topological polar surface area (TPSA) is 44.8 Å². The standard InChI is InChI=1S/C12H16O4/c1-12(2,11(13)15-4)16-10-7-5-9(14-3)6-8-10/h5-8H,1-4H3. The Morgan fingerprint density at radius 1 is 1.06 bits per heavy atom. The first-order valence-electron chi connectivity index (χ1n) is 4.91. The monoisotopic (exact) mass is 224 g/mol. The van der Waals surface area contributed by atoms with E-state index in [-0.39, 0.29) is 0 Å². The summed E-state index contributed by atoms with van der Waals surface area (Å²) in [5.41, 5.74) is -0.997. The summed E-state index contributed by atoms with van der Waals surface area (Å²) in [6, 6.07) is 7.01. The average molecular weight is 224 g/mol. The van der Waals surface area contributed by atoms with Crippen LogP contribution in [0.1, 0.15) is 13.8 Å². The lowest BCUT2D eigenvalue weighted by Gasteiger charge is -2.23. The van der Waals surface area contributed by atoms with Crippen LogP contribution >= 0.6 is 0 Å². The Labute approximate surface area is 95.1 Å². The smallest absolute Gasteiger partial charge is 0.349 e. The molecule has 0 unspecified atom stereocenters. The van der Waals surface area contributed by atoms with Crippen LogP contribution in [0.5, 0.6) is 11.5 Å². The largest absolute Gasteiger partial charge is 0.497 e. The van der Waals surface area contributed by atoms with Gasteiger partial charge < -0.3 is 14.2 Å². The van der Waals surface area contributed by atoms with Crippen LogP contribution in [0.4, 0.5) is 0 Å². The van der Waals surface area contributed by atoms with Crippen LogP contribution in [0, 0.1) is 0 Å². The first-order chi connectivity index (χ1) is 7.49. The summed E-state index contributed by atoms with van der Waals surface area (Å²) in [4.78, 5) is 11.4. The predicted molar refractivity (Wildman–Crippen MR) is 59.7 cm³/mol. The third-order valence-corrected chi connectivity index (χ3v) is 2.11. The van der Waals surface area contributed by atoms with E-state index in [0.29, 0.717) is 5.75 Å². The number of hydrogen-bond donors (Lipinski definition) is 0. The molecule has 0 radical (unpaired) electrons. The van der Waals surface area contributed by atoms with Gasteiger partial charge in [0.2, 0.25) is 0 Å². The zero-order valence-electron chi connectivity index (χ0n) is 9.94. The Kier molecular flexibility index (Phi) is 3.77. The third kappa shape index (κ3) is 2.89. The summed E-state index contributed by atoms with van der Waals surface area (Å²) in [6.07, 6.45) is 0. The van der Waals surface area contributed by atoms with E-state index in [1.54, 1.807) is 45.2 Å². The van der Waals surface area contributed by atoms with Gasteiger partial charge in [-0.2, -0.15) is 0 Å². The van der Waals surface area contributed by atoms with E-state index >= 15 is 0 Å². The fourth-order valence-electron chi connectivity index (χ4n) is 1.23. The maximum Gasteiger partial charge on any atom is 0.349 e. The van der Waals surface area contributed by atoms with Gasteiger partial charge in [0.15, 0.2) is 5.60 Å². The molecule has 4 heteroatoms. The highest BCUT2D eigenvalue weighted by molar-refractivity contribution is 5.78. The van der Waals surface area contributed by atoms with Crippen molar-refractivity contribution in [3.63, 3.8) is 0 Å². The van der Waals surface area contributed by atoms with Crippen molar-refractivity contribution in [1.29, 1.82) is 0 Å². The molecule has 0 aliphatic rings. The van der Waals surface area contributed by atoms with Gasteiger partial charge in [-0.1, -0.05) is 0 Å². The summed E-state index contributed by atoms with van der Waals surface area (Å²) >= 11 is 0. The van der Waals surface area contributed by atoms with Gasteiger partial charge in [-0.05, 0) is 38.1 Å². The molecule has 0 spiro atoms. The molecule has 0 saturated carbocycles. The van der Waals surface area contributed by atoms with Crippen LogP contribution in [0.15, 0.2) is 24.3 Å². The highest BCUT2D eigenvalue weighted by Crippen LogP contribution is 2.22. The van der Waals surface area contributed by atoms with E-state index in [0.717, 1.165) is 5.75 Å². The summed E-state index contributed by atoms with van der Waals surface area (Å²) in [6.45, 7) is 3.31. The highest BCUT2D eigenvalue weighted by Gasteiger charge is 2.30. The van der Waals surface area contributed by atoms with Crippen LogP contribution in [0.2, 0.25) is 0 Å². The van der Waals surface area contributed by atoms with E-state index in [1.165, 1.54) is 7.11 Å². The van der Waals surface area contributed by atoms with Crippen molar-refractivity contribution < 1.29 is 19.0 Å². The van der Waals surface area contributed by atoms with Gasteiger partial charge in [0.05, 0.1) is 14.2 Å². The van der Waals surface area contributed by atoms with Crippen LogP contribution in [0.25, 0.3) is 0 Å². The van der Waals surface area contributed by atoms with Gasteiger partial charge in [-0.15, -0.1) is 0 Å². The number of carbonyl (C=O) groups is 1. The Balaban J connectivity index is 2.76. The van der Waals surface area contributed by atoms with Crippen molar-refractivity contribution in [2.45, 2.75) is 19.4 Å². The van der Waals surface area contributed by atoms with Gasteiger partial charge in [-0.25, -0.2) is 4.79 Å². The van der Waals surface area contributed by atoms with E-state index in [2.05, 4.69) is 4.74 Å². The fourth-order valence-corrected chi connectivity index (χ4v) is 1.23. The number of ether oxygens (including phenoxy) is 3. The predicted octanol–water partition coefficient (Wildman–Crippen LogP) is 2.03. The molecule has 88 valence electrons. The van der Waals surface area contributed by atoms with Gasteiger partial charge in [0.1, 0.15) is 11.5 Å². The zero-order chi connectivity index (χ0) is 12.2. The van der Waals surface area contributed by atoms with Crippen molar-refractivity contribution in [2.75, 3.05) is 14.2 Å². The molecule has 0 amide bonds. The summed E-state index contributed by atoms with van der Waals surface area (Å²) < 4.78 is 15.2.